The molecular weight excluding hydrogens is 320 g/mol. The Morgan fingerprint density at radius 1 is 1.38 bits per heavy atom. The normalized spacial score (nSPS) is 28.7. The molecule has 4 unspecified atom stereocenters. The molecule has 5 nitrogen and oxygen atoms in total. The molecule has 1 aromatic carbocycles. The van der Waals surface area contributed by atoms with Crippen molar-refractivity contribution in [1.29, 1.82) is 0 Å². The largest absolute Gasteiger partial charge is 0.348 e. The van der Waals surface area contributed by atoms with Crippen molar-refractivity contribution in [3.05, 3.63) is 42.4 Å². The standard InChI is InChI=1S/C18H22N4OS/c1-12-8-14-6-7-22(12)10-16(14)21-18(23)13-2-4-15(5-3-13)24-17-9-19-11-20-17/h2-5,9,11-12,14,16H,6-8,10H2,1H3,(H,19,20)(H,21,23). The Labute approximate surface area is 146 Å². The zero-order valence-corrected chi connectivity index (χ0v) is 14.6. The van der Waals surface area contributed by atoms with E-state index in [9.17, 15) is 4.79 Å². The van der Waals surface area contributed by atoms with E-state index in [-0.39, 0.29) is 5.91 Å². The number of amides is 1. The number of carbonyl (C=O) groups is 1. The molecule has 0 saturated carbocycles. The van der Waals surface area contributed by atoms with Crippen LogP contribution in [0.3, 0.4) is 0 Å². The summed E-state index contributed by atoms with van der Waals surface area (Å²) in [6.45, 7) is 4.46. The van der Waals surface area contributed by atoms with Crippen LogP contribution in [0.5, 0.6) is 0 Å². The van der Waals surface area contributed by atoms with Crippen LogP contribution < -0.4 is 5.32 Å². The summed E-state index contributed by atoms with van der Waals surface area (Å²) in [5, 5.41) is 4.24. The van der Waals surface area contributed by atoms with E-state index in [1.165, 1.54) is 19.4 Å². The summed E-state index contributed by atoms with van der Waals surface area (Å²) in [6, 6.07) is 8.73. The fourth-order valence-corrected chi connectivity index (χ4v) is 4.56. The molecule has 1 aromatic heterocycles. The molecule has 2 aromatic rings. The highest BCUT2D eigenvalue weighted by atomic mass is 32.2. The summed E-state index contributed by atoms with van der Waals surface area (Å²) in [6.07, 6.45) is 5.86. The molecule has 24 heavy (non-hydrogen) atoms. The SMILES string of the molecule is CC1CC2CCN1CC2NC(=O)c1ccc(Sc2cnc[nH]2)cc1. The Hall–Kier alpha value is -1.79. The van der Waals surface area contributed by atoms with Crippen LogP contribution in [0.2, 0.25) is 0 Å². The summed E-state index contributed by atoms with van der Waals surface area (Å²) in [4.78, 5) is 23.2. The van der Waals surface area contributed by atoms with Gasteiger partial charge in [0.15, 0.2) is 0 Å². The van der Waals surface area contributed by atoms with Crippen LogP contribution in [-0.4, -0.2) is 45.9 Å². The van der Waals surface area contributed by atoms with E-state index in [2.05, 4.69) is 27.1 Å². The van der Waals surface area contributed by atoms with E-state index in [1.807, 2.05) is 24.3 Å². The second-order valence-electron chi connectivity index (χ2n) is 6.75. The lowest BCUT2D eigenvalue weighted by molar-refractivity contribution is 0.0274. The number of piperidine rings is 3. The summed E-state index contributed by atoms with van der Waals surface area (Å²) < 4.78 is 0. The van der Waals surface area contributed by atoms with Gasteiger partial charge in [-0.25, -0.2) is 4.98 Å². The number of hydrogen-bond donors (Lipinski definition) is 2. The number of aromatic nitrogens is 2. The molecule has 3 fully saturated rings. The van der Waals surface area contributed by atoms with Gasteiger partial charge in [-0.2, -0.15) is 0 Å². The summed E-state index contributed by atoms with van der Waals surface area (Å²) in [7, 11) is 0. The molecule has 126 valence electrons. The molecule has 3 saturated heterocycles. The third kappa shape index (κ3) is 3.21. The maximum absolute atomic E-state index is 12.5. The molecular formula is C18H22N4OS. The fraction of sp³-hybridized carbons (Fsp3) is 0.444. The monoisotopic (exact) mass is 342 g/mol. The van der Waals surface area contributed by atoms with Crippen LogP contribution >= 0.6 is 11.8 Å². The average molecular weight is 342 g/mol. The lowest BCUT2D eigenvalue weighted by Gasteiger charge is -2.48. The fourth-order valence-electron chi connectivity index (χ4n) is 3.81. The average Bonchev–Trinajstić information content (AvgIpc) is 3.09. The second kappa shape index (κ2) is 6.61. The third-order valence-electron chi connectivity index (χ3n) is 5.19. The van der Waals surface area contributed by atoms with Gasteiger partial charge >= 0.3 is 0 Å². The Morgan fingerprint density at radius 2 is 2.21 bits per heavy atom. The highest BCUT2D eigenvalue weighted by Gasteiger charge is 2.38. The minimum atomic E-state index is 0.0412. The molecule has 3 aliphatic rings. The van der Waals surface area contributed by atoms with Crippen molar-refractivity contribution in [3.63, 3.8) is 0 Å². The number of nitrogens with one attached hydrogen (secondary N) is 2. The lowest BCUT2D eigenvalue weighted by Crippen LogP contribution is -2.60. The van der Waals surface area contributed by atoms with E-state index < -0.39 is 0 Å². The number of aromatic amines is 1. The molecule has 4 heterocycles. The highest BCUT2D eigenvalue weighted by Crippen LogP contribution is 2.32. The maximum Gasteiger partial charge on any atom is 0.251 e. The first-order chi connectivity index (χ1) is 11.7. The molecule has 3 aliphatic heterocycles. The number of nitrogens with zero attached hydrogens (tertiary/aromatic N) is 2. The predicted molar refractivity (Wildman–Crippen MR) is 94.2 cm³/mol. The number of H-pyrrole nitrogens is 1. The van der Waals surface area contributed by atoms with E-state index in [0.717, 1.165) is 22.0 Å². The van der Waals surface area contributed by atoms with E-state index in [1.54, 1.807) is 24.3 Å². The molecule has 6 heteroatoms. The molecule has 5 rings (SSSR count). The van der Waals surface area contributed by atoms with Crippen molar-refractivity contribution in [2.24, 2.45) is 5.92 Å². The van der Waals surface area contributed by atoms with Gasteiger partial charge in [-0.1, -0.05) is 11.8 Å². The Kier molecular flexibility index (Phi) is 4.33. The molecule has 2 N–H and O–H groups in total. The zero-order chi connectivity index (χ0) is 16.5. The highest BCUT2D eigenvalue weighted by molar-refractivity contribution is 7.99. The molecule has 1 amide bonds. The van der Waals surface area contributed by atoms with Gasteiger partial charge in [0.05, 0.1) is 17.6 Å². The van der Waals surface area contributed by atoms with E-state index in [0.29, 0.717) is 18.0 Å². The van der Waals surface area contributed by atoms with Crippen molar-refractivity contribution < 1.29 is 4.79 Å². The van der Waals surface area contributed by atoms with Crippen LogP contribution in [0.4, 0.5) is 0 Å². The minimum absolute atomic E-state index is 0.0412. The molecule has 0 radical (unpaired) electrons. The minimum Gasteiger partial charge on any atom is -0.348 e. The van der Waals surface area contributed by atoms with Gasteiger partial charge < -0.3 is 10.3 Å². The summed E-state index contributed by atoms with van der Waals surface area (Å²) in [5.41, 5.74) is 0.730. The Morgan fingerprint density at radius 3 is 2.83 bits per heavy atom. The zero-order valence-electron chi connectivity index (χ0n) is 13.7. The Balaban J connectivity index is 1.38. The number of rotatable bonds is 4. The summed E-state index contributed by atoms with van der Waals surface area (Å²) in [5.74, 6) is 0.670. The third-order valence-corrected chi connectivity index (χ3v) is 6.14. The molecule has 0 spiro atoms. The van der Waals surface area contributed by atoms with Gasteiger partial charge in [0.1, 0.15) is 0 Å². The van der Waals surface area contributed by atoms with Gasteiger partial charge in [0.25, 0.3) is 5.91 Å². The maximum atomic E-state index is 12.5. The number of carbonyl (C=O) groups excluding carboxylic acids is 1. The number of imidazole rings is 1. The van der Waals surface area contributed by atoms with Gasteiger partial charge in [0.2, 0.25) is 0 Å². The first-order valence-electron chi connectivity index (χ1n) is 8.50. The Bertz CT molecular complexity index is 700. The van der Waals surface area contributed by atoms with Crippen molar-refractivity contribution in [1.82, 2.24) is 20.2 Å². The first-order valence-corrected chi connectivity index (χ1v) is 9.32. The van der Waals surface area contributed by atoms with Crippen LogP contribution in [0, 0.1) is 5.92 Å². The van der Waals surface area contributed by atoms with Gasteiger partial charge in [-0.05, 0) is 56.5 Å². The number of benzene rings is 1. The number of hydrogen-bond acceptors (Lipinski definition) is 4. The molecule has 2 bridgehead atoms. The van der Waals surface area contributed by atoms with Crippen LogP contribution in [0.1, 0.15) is 30.1 Å². The van der Waals surface area contributed by atoms with Gasteiger partial charge in [-0.3, -0.25) is 9.69 Å². The molecule has 4 atom stereocenters. The first kappa shape index (κ1) is 15.7. The van der Waals surface area contributed by atoms with Crippen molar-refractivity contribution in [2.75, 3.05) is 13.1 Å². The van der Waals surface area contributed by atoms with Gasteiger partial charge in [0, 0.05) is 29.1 Å². The summed E-state index contributed by atoms with van der Waals surface area (Å²) >= 11 is 1.60. The molecule has 0 aliphatic carbocycles. The van der Waals surface area contributed by atoms with E-state index >= 15 is 0 Å². The van der Waals surface area contributed by atoms with Gasteiger partial charge in [-0.15, -0.1) is 0 Å². The van der Waals surface area contributed by atoms with Crippen LogP contribution in [0.15, 0.2) is 46.7 Å². The van der Waals surface area contributed by atoms with Crippen molar-refractivity contribution in [3.8, 4) is 0 Å². The quantitative estimate of drug-likeness (QED) is 0.897. The van der Waals surface area contributed by atoms with Crippen molar-refractivity contribution in [2.45, 2.75) is 41.8 Å². The predicted octanol–water partition coefficient (Wildman–Crippen LogP) is 2.77. The van der Waals surface area contributed by atoms with E-state index in [4.69, 9.17) is 0 Å². The number of fused-ring (bicyclic) bond motifs is 3. The smallest absolute Gasteiger partial charge is 0.251 e. The van der Waals surface area contributed by atoms with Crippen molar-refractivity contribution >= 4 is 17.7 Å². The van der Waals surface area contributed by atoms with Crippen LogP contribution in [0.25, 0.3) is 0 Å². The topological polar surface area (TPSA) is 61.0 Å². The lowest BCUT2D eigenvalue weighted by atomic mass is 9.80. The van der Waals surface area contributed by atoms with Crippen LogP contribution in [-0.2, 0) is 0 Å². The second-order valence-corrected chi connectivity index (χ2v) is 7.87.